The van der Waals surface area contributed by atoms with E-state index in [1.807, 2.05) is 54.6 Å². The molecule has 5 aromatic rings. The number of carbonyl (C=O) groups is 2. The summed E-state index contributed by atoms with van der Waals surface area (Å²) in [4.78, 5) is 28.1. The third-order valence-corrected chi connectivity index (χ3v) is 12.0. The highest BCUT2D eigenvalue weighted by Gasteiger charge is 2.24. The lowest BCUT2D eigenvalue weighted by Gasteiger charge is -2.31. The molecule has 0 spiro atoms. The Kier molecular flexibility index (Phi) is 11.8. The van der Waals surface area contributed by atoms with Gasteiger partial charge in [0, 0.05) is 12.6 Å². The van der Waals surface area contributed by atoms with Crippen molar-refractivity contribution in [3.8, 4) is 0 Å². The third kappa shape index (κ3) is 9.43. The van der Waals surface area contributed by atoms with Gasteiger partial charge in [-0.15, -0.1) is 0 Å². The number of ether oxygens (including phenoxy) is 1. The summed E-state index contributed by atoms with van der Waals surface area (Å²) in [6.07, 6.45) is 1.40. The zero-order valence-corrected chi connectivity index (χ0v) is 26.3. The van der Waals surface area contributed by atoms with Gasteiger partial charge in [-0.05, 0) is 42.6 Å². The maximum atomic E-state index is 13.4. The highest BCUT2D eigenvalue weighted by Crippen LogP contribution is 2.39. The molecule has 0 aliphatic heterocycles. The van der Waals surface area contributed by atoms with Crippen LogP contribution in [0.5, 0.6) is 0 Å². The maximum Gasteiger partial charge on any atom is 0.325 e. The van der Waals surface area contributed by atoms with Crippen LogP contribution in [-0.2, 0) is 20.9 Å². The van der Waals surface area contributed by atoms with Crippen molar-refractivity contribution in [2.24, 2.45) is 0 Å². The van der Waals surface area contributed by atoms with Gasteiger partial charge in [-0.3, -0.25) is 14.5 Å². The average molecular weight is 619 g/mol. The van der Waals surface area contributed by atoms with Crippen LogP contribution in [0.15, 0.2) is 152 Å². The van der Waals surface area contributed by atoms with Crippen LogP contribution in [0.25, 0.3) is 0 Å². The van der Waals surface area contributed by atoms with Gasteiger partial charge < -0.3 is 10.1 Å². The smallest absolute Gasteiger partial charge is 0.325 e. The van der Waals surface area contributed by atoms with E-state index in [4.69, 9.17) is 4.74 Å². The van der Waals surface area contributed by atoms with E-state index in [1.165, 1.54) is 21.2 Å². The Morgan fingerprint density at radius 1 is 0.545 bits per heavy atom. The summed E-state index contributed by atoms with van der Waals surface area (Å²) >= 11 is 0. The molecule has 0 aliphatic rings. The van der Waals surface area contributed by atoms with Gasteiger partial charge >= 0.3 is 5.97 Å². The number of hydrogen-bond donors (Lipinski definition) is 1. The highest BCUT2D eigenvalue weighted by molar-refractivity contribution is 7.73. The van der Waals surface area contributed by atoms with Gasteiger partial charge in [-0.2, -0.15) is 0 Å². The van der Waals surface area contributed by atoms with Crippen molar-refractivity contribution in [3.63, 3.8) is 0 Å². The van der Waals surface area contributed by atoms with Crippen molar-refractivity contribution in [1.29, 1.82) is 0 Å². The van der Waals surface area contributed by atoms with Crippen LogP contribution in [0.1, 0.15) is 5.56 Å². The van der Waals surface area contributed by atoms with E-state index >= 15 is 0 Å². The Balaban J connectivity index is 1.36. The molecule has 7 heteroatoms. The monoisotopic (exact) mass is 618 g/mol. The first-order chi connectivity index (χ1) is 21.7. The maximum absolute atomic E-state index is 13.4. The summed E-state index contributed by atoms with van der Waals surface area (Å²) in [5, 5.41) is 7.84. The molecule has 0 aromatic heterocycles. The average Bonchev–Trinajstić information content (AvgIpc) is 3.09. The third-order valence-electron chi connectivity index (χ3n) is 6.99. The number of amides is 1. The van der Waals surface area contributed by atoms with E-state index in [0.29, 0.717) is 12.6 Å². The fourth-order valence-corrected chi connectivity index (χ4v) is 9.56. The van der Waals surface area contributed by atoms with Crippen LogP contribution in [0.4, 0.5) is 0 Å². The Labute approximate surface area is 262 Å². The lowest BCUT2D eigenvalue weighted by Crippen LogP contribution is -2.41. The van der Waals surface area contributed by atoms with E-state index in [9.17, 15) is 9.59 Å². The zero-order valence-electron chi connectivity index (χ0n) is 24.5. The number of hydrogen-bond acceptors (Lipinski definition) is 4. The van der Waals surface area contributed by atoms with Crippen LogP contribution in [0.3, 0.4) is 0 Å². The van der Waals surface area contributed by atoms with Crippen LogP contribution in [-0.4, -0.2) is 42.4 Å². The zero-order chi connectivity index (χ0) is 30.4. The molecule has 1 amide bonds. The number of benzene rings is 5. The van der Waals surface area contributed by atoms with Gasteiger partial charge in [0.25, 0.3) is 0 Å². The topological polar surface area (TPSA) is 58.6 Å². The molecule has 0 heterocycles. The minimum absolute atomic E-state index is 0.169. The van der Waals surface area contributed by atoms with E-state index in [1.54, 1.807) is 0 Å². The molecule has 0 aliphatic carbocycles. The first-order valence-electron chi connectivity index (χ1n) is 14.6. The second kappa shape index (κ2) is 16.6. The summed E-state index contributed by atoms with van der Waals surface area (Å²) in [5.41, 5.74) is 0.906. The molecule has 5 nitrogen and oxygen atoms in total. The van der Waals surface area contributed by atoms with Crippen molar-refractivity contribution in [1.82, 2.24) is 10.2 Å². The predicted molar refractivity (Wildman–Crippen MR) is 184 cm³/mol. The first kappa shape index (κ1) is 31.3. The van der Waals surface area contributed by atoms with Gasteiger partial charge in [0.1, 0.15) is 13.2 Å². The Morgan fingerprint density at radius 2 is 0.909 bits per heavy atom. The molecule has 5 aromatic carbocycles. The molecule has 0 unspecified atom stereocenters. The number of nitrogens with zero attached hydrogens (tertiary/aromatic N) is 1. The number of nitrogens with one attached hydrogen (secondary N) is 1. The van der Waals surface area contributed by atoms with Gasteiger partial charge in [0.05, 0.1) is 6.54 Å². The fraction of sp³-hybridized carbons (Fsp3) is 0.135. The van der Waals surface area contributed by atoms with Gasteiger partial charge in [0.15, 0.2) is 0 Å². The standard InChI is InChI=1S/C37H36N2O3P2/c40-36(38-26-37(41)42-28-31-16-6-1-7-17-31)27-39(29-43(32-18-8-2-9-19-32)33-20-10-3-11-21-33)30-44(34-22-12-4-13-23-34)35-24-14-5-15-25-35/h1-25H,26-30H2,(H,38,40). The summed E-state index contributed by atoms with van der Waals surface area (Å²) in [7, 11) is -1.56. The van der Waals surface area contributed by atoms with Gasteiger partial charge in [-0.1, -0.05) is 152 Å². The number of rotatable bonds is 14. The van der Waals surface area contributed by atoms with Crippen LogP contribution < -0.4 is 26.5 Å². The molecule has 0 bridgehead atoms. The predicted octanol–water partition coefficient (Wildman–Crippen LogP) is 5.33. The quantitative estimate of drug-likeness (QED) is 0.135. The van der Waals surface area contributed by atoms with Crippen molar-refractivity contribution in [2.45, 2.75) is 6.61 Å². The molecule has 44 heavy (non-hydrogen) atoms. The summed E-state index contributed by atoms with van der Waals surface area (Å²) in [6, 6.07) is 51.7. The number of esters is 1. The second-order valence-corrected chi connectivity index (χ2v) is 14.6. The molecular formula is C37H36N2O3P2. The highest BCUT2D eigenvalue weighted by atomic mass is 31.1. The largest absolute Gasteiger partial charge is 0.460 e. The molecule has 222 valence electrons. The minimum atomic E-state index is -0.778. The van der Waals surface area contributed by atoms with Crippen molar-refractivity contribution < 1.29 is 14.3 Å². The lowest BCUT2D eigenvalue weighted by molar-refractivity contribution is -0.145. The Hall–Kier alpha value is -4.14. The van der Waals surface area contributed by atoms with Crippen LogP contribution in [0, 0.1) is 0 Å². The molecule has 1 N–H and O–H groups in total. The van der Waals surface area contributed by atoms with Crippen molar-refractivity contribution in [2.75, 3.05) is 25.7 Å². The molecule has 0 saturated heterocycles. The normalized spacial score (nSPS) is 11.1. The first-order valence-corrected chi connectivity index (χ1v) is 17.6. The van der Waals surface area contributed by atoms with E-state index < -0.39 is 21.8 Å². The van der Waals surface area contributed by atoms with E-state index in [2.05, 4.69) is 107 Å². The van der Waals surface area contributed by atoms with Crippen LogP contribution in [0.2, 0.25) is 0 Å². The Bertz CT molecular complexity index is 1410. The van der Waals surface area contributed by atoms with Gasteiger partial charge in [-0.25, -0.2) is 0 Å². The van der Waals surface area contributed by atoms with E-state index in [0.717, 1.165) is 5.56 Å². The second-order valence-electron chi connectivity index (χ2n) is 10.2. The van der Waals surface area contributed by atoms with Crippen molar-refractivity contribution in [3.05, 3.63) is 157 Å². The van der Waals surface area contributed by atoms with Gasteiger partial charge in [0.2, 0.25) is 5.91 Å². The molecule has 0 radical (unpaired) electrons. The lowest BCUT2D eigenvalue weighted by atomic mass is 10.2. The molecular weight excluding hydrogens is 582 g/mol. The summed E-state index contributed by atoms with van der Waals surface area (Å²) in [5.74, 6) is -0.658. The molecule has 0 fully saturated rings. The minimum Gasteiger partial charge on any atom is -0.460 e. The number of carbonyl (C=O) groups excluding carboxylic acids is 2. The summed E-state index contributed by atoms with van der Waals surface area (Å²) in [6.45, 7) is 0.180. The molecule has 0 atom stereocenters. The SMILES string of the molecule is O=C(CN(CP(c1ccccc1)c1ccccc1)CP(c1ccccc1)c1ccccc1)NCC(=O)OCc1ccccc1. The fourth-order valence-electron chi connectivity index (χ4n) is 4.82. The molecule has 5 rings (SSSR count). The molecule has 0 saturated carbocycles. The van der Waals surface area contributed by atoms with Crippen molar-refractivity contribution >= 4 is 48.9 Å². The van der Waals surface area contributed by atoms with E-state index in [-0.39, 0.29) is 25.6 Å². The summed E-state index contributed by atoms with van der Waals surface area (Å²) < 4.78 is 5.38. The Morgan fingerprint density at radius 3 is 1.30 bits per heavy atom. The van der Waals surface area contributed by atoms with Crippen LogP contribution >= 0.6 is 15.8 Å².